The number of ether oxygens (including phenoxy) is 1. The lowest BCUT2D eigenvalue weighted by atomic mass is 10.0. The number of carbonyl (C=O) groups is 2. The average Bonchev–Trinajstić information content (AvgIpc) is 3.30. The molecule has 65 heavy (non-hydrogen) atoms. The van der Waals surface area contributed by atoms with Crippen molar-refractivity contribution in [2.75, 3.05) is 6.61 Å². The van der Waals surface area contributed by atoms with Crippen LogP contribution >= 0.6 is 0 Å². The van der Waals surface area contributed by atoms with Crippen molar-refractivity contribution >= 4 is 11.9 Å². The van der Waals surface area contributed by atoms with Crippen molar-refractivity contribution in [1.82, 2.24) is 5.32 Å². The van der Waals surface area contributed by atoms with Crippen molar-refractivity contribution in [2.45, 2.75) is 232 Å². The number of hydrogen-bond acceptors (Lipinski definition) is 5. The number of unbranched alkanes of at least 4 members (excludes halogenated alkanes) is 21. The van der Waals surface area contributed by atoms with Gasteiger partial charge in [-0.1, -0.05) is 264 Å². The van der Waals surface area contributed by atoms with Crippen molar-refractivity contribution in [3.05, 3.63) is 122 Å². The summed E-state index contributed by atoms with van der Waals surface area (Å²) in [5.41, 5.74) is 0. The number of esters is 1. The van der Waals surface area contributed by atoms with E-state index in [1.54, 1.807) is 0 Å². The maximum absolute atomic E-state index is 13.2. The van der Waals surface area contributed by atoms with Gasteiger partial charge in [0.05, 0.1) is 25.2 Å². The third-order valence-corrected chi connectivity index (χ3v) is 11.3. The van der Waals surface area contributed by atoms with E-state index in [4.69, 9.17) is 4.74 Å². The van der Waals surface area contributed by atoms with E-state index >= 15 is 0 Å². The van der Waals surface area contributed by atoms with Gasteiger partial charge >= 0.3 is 5.97 Å². The molecule has 0 spiro atoms. The van der Waals surface area contributed by atoms with Gasteiger partial charge in [-0.2, -0.15) is 0 Å². The van der Waals surface area contributed by atoms with Crippen LogP contribution in [0, 0.1) is 0 Å². The van der Waals surface area contributed by atoms with Crippen LogP contribution in [-0.2, 0) is 14.3 Å². The van der Waals surface area contributed by atoms with Crippen LogP contribution in [-0.4, -0.2) is 46.9 Å². The minimum Gasteiger partial charge on any atom is -0.462 e. The summed E-state index contributed by atoms with van der Waals surface area (Å²) in [6.07, 6.45) is 71.1. The van der Waals surface area contributed by atoms with Crippen LogP contribution in [0.5, 0.6) is 0 Å². The SMILES string of the molecule is CC\C=C/C=C/C=C/C=C\C=C\C=C\CCCC(CC(=O)NC(CO)C(O)CCCCCCCCCCCCCCCCCC)OC(=O)CCCCCCC\C=C/C=C/C=C/C=C/CC. The summed E-state index contributed by atoms with van der Waals surface area (Å²) in [6, 6.07) is -0.740. The number of rotatable bonds is 45. The van der Waals surface area contributed by atoms with Gasteiger partial charge in [0.1, 0.15) is 6.10 Å². The fourth-order valence-corrected chi connectivity index (χ4v) is 7.36. The Balaban J connectivity index is 4.75. The molecule has 0 fully saturated rings. The fourth-order valence-electron chi connectivity index (χ4n) is 7.36. The van der Waals surface area contributed by atoms with Crippen LogP contribution in [0.25, 0.3) is 0 Å². The molecule has 368 valence electrons. The summed E-state index contributed by atoms with van der Waals surface area (Å²) >= 11 is 0. The Bertz CT molecular complexity index is 1380. The molecule has 0 saturated heterocycles. The molecule has 0 aliphatic carbocycles. The minimum atomic E-state index is -0.821. The standard InChI is InChI=1S/C59H97NO5/c1-4-7-10-13-16-19-22-25-28-31-33-36-39-42-45-48-51-57(62)56(54-61)60-58(63)53-55(50-47-44-41-38-35-32-29-26-23-20-17-14-11-8-5-2)65-59(64)52-49-46-43-40-37-34-30-27-24-21-18-15-12-9-6-3/h8-9,11-12,14-15,17-18,20-21,23-24,26-27,29-30,32,35,38,41,55-57,61-62H,4-7,10,13,16,19,22,25,28,31,33-34,36-37,39-40,42-54H2,1-3H3,(H,60,63)/b11-8-,12-9+,17-14+,18-15+,23-20+,24-21+,29-26-,30-27-,35-32+,41-38+. The van der Waals surface area contributed by atoms with Crippen molar-refractivity contribution in [3.63, 3.8) is 0 Å². The highest BCUT2D eigenvalue weighted by Gasteiger charge is 2.24. The van der Waals surface area contributed by atoms with Gasteiger partial charge in [0.25, 0.3) is 0 Å². The van der Waals surface area contributed by atoms with Gasteiger partial charge in [0.2, 0.25) is 5.91 Å². The zero-order valence-electron chi connectivity index (χ0n) is 41.8. The molecule has 0 aromatic heterocycles. The molecule has 0 bridgehead atoms. The Morgan fingerprint density at radius 3 is 1.29 bits per heavy atom. The first-order chi connectivity index (χ1) is 32.0. The summed E-state index contributed by atoms with van der Waals surface area (Å²) in [5.74, 6) is -0.587. The van der Waals surface area contributed by atoms with Crippen LogP contribution < -0.4 is 5.32 Å². The van der Waals surface area contributed by atoms with Gasteiger partial charge in [-0.05, 0) is 57.8 Å². The Morgan fingerprint density at radius 2 is 0.846 bits per heavy atom. The number of hydrogen-bond donors (Lipinski definition) is 3. The van der Waals surface area contributed by atoms with Gasteiger partial charge in [-0.3, -0.25) is 9.59 Å². The van der Waals surface area contributed by atoms with Crippen molar-refractivity contribution in [2.24, 2.45) is 0 Å². The first-order valence-corrected chi connectivity index (χ1v) is 26.4. The largest absolute Gasteiger partial charge is 0.462 e. The average molecular weight is 900 g/mol. The predicted octanol–water partition coefficient (Wildman–Crippen LogP) is 16.1. The smallest absolute Gasteiger partial charge is 0.306 e. The second-order valence-corrected chi connectivity index (χ2v) is 17.4. The third-order valence-electron chi connectivity index (χ3n) is 11.3. The van der Waals surface area contributed by atoms with Crippen LogP contribution in [0.3, 0.4) is 0 Å². The Kier molecular flexibility index (Phi) is 48.3. The summed E-state index contributed by atoms with van der Waals surface area (Å²) in [7, 11) is 0. The normalized spacial score (nSPS) is 14.2. The summed E-state index contributed by atoms with van der Waals surface area (Å²) < 4.78 is 5.89. The van der Waals surface area contributed by atoms with E-state index in [2.05, 4.69) is 68.6 Å². The molecule has 0 aliphatic rings. The number of aliphatic hydroxyl groups is 2. The van der Waals surface area contributed by atoms with Crippen LogP contribution in [0.4, 0.5) is 0 Å². The molecular weight excluding hydrogens is 803 g/mol. The molecule has 0 aromatic carbocycles. The van der Waals surface area contributed by atoms with E-state index < -0.39 is 18.2 Å². The quantitative estimate of drug-likeness (QED) is 0.0321. The highest BCUT2D eigenvalue weighted by Crippen LogP contribution is 2.17. The van der Waals surface area contributed by atoms with Crippen molar-refractivity contribution in [3.8, 4) is 0 Å². The lowest BCUT2D eigenvalue weighted by Gasteiger charge is -2.24. The minimum absolute atomic E-state index is 0.00884. The Morgan fingerprint density at radius 1 is 0.462 bits per heavy atom. The second kappa shape index (κ2) is 51.2. The van der Waals surface area contributed by atoms with E-state index in [0.29, 0.717) is 19.3 Å². The molecule has 1 amide bonds. The molecule has 0 radical (unpaired) electrons. The highest BCUT2D eigenvalue weighted by atomic mass is 16.5. The fraction of sp³-hybridized carbons (Fsp3) is 0.627. The molecule has 6 nitrogen and oxygen atoms in total. The third kappa shape index (κ3) is 46.6. The topological polar surface area (TPSA) is 95.9 Å². The number of aliphatic hydroxyl groups excluding tert-OH is 2. The number of carbonyl (C=O) groups excluding carboxylic acids is 2. The van der Waals surface area contributed by atoms with Crippen LogP contribution in [0.2, 0.25) is 0 Å². The molecule has 0 rings (SSSR count). The van der Waals surface area contributed by atoms with Gasteiger partial charge < -0.3 is 20.3 Å². The molecule has 0 aromatic rings. The van der Waals surface area contributed by atoms with Crippen LogP contribution in [0.15, 0.2) is 122 Å². The number of allylic oxidation sites excluding steroid dienone is 20. The lowest BCUT2D eigenvalue weighted by Crippen LogP contribution is -2.46. The number of nitrogens with one attached hydrogen (secondary N) is 1. The number of amides is 1. The van der Waals surface area contributed by atoms with E-state index in [-0.39, 0.29) is 24.9 Å². The molecule has 3 N–H and O–H groups in total. The Labute approximate surface area is 400 Å². The maximum atomic E-state index is 13.2. The summed E-state index contributed by atoms with van der Waals surface area (Å²) in [4.78, 5) is 26.2. The predicted molar refractivity (Wildman–Crippen MR) is 282 cm³/mol. The zero-order valence-corrected chi connectivity index (χ0v) is 41.8. The van der Waals surface area contributed by atoms with E-state index in [1.807, 2.05) is 79.0 Å². The Hall–Kier alpha value is -3.74. The molecule has 0 saturated carbocycles. The van der Waals surface area contributed by atoms with Crippen molar-refractivity contribution < 1.29 is 24.5 Å². The van der Waals surface area contributed by atoms with Gasteiger partial charge in [-0.25, -0.2) is 0 Å². The van der Waals surface area contributed by atoms with E-state index in [9.17, 15) is 19.8 Å². The molecule has 3 atom stereocenters. The molecule has 3 unspecified atom stereocenters. The zero-order chi connectivity index (χ0) is 47.4. The lowest BCUT2D eigenvalue weighted by molar-refractivity contribution is -0.151. The molecule has 6 heteroatoms. The first-order valence-electron chi connectivity index (χ1n) is 26.4. The molecule has 0 heterocycles. The van der Waals surface area contributed by atoms with E-state index in [0.717, 1.165) is 83.5 Å². The molecule has 0 aliphatic heterocycles. The molecular formula is C59H97NO5. The summed E-state index contributed by atoms with van der Waals surface area (Å²) in [5, 5.41) is 23.8. The van der Waals surface area contributed by atoms with Crippen molar-refractivity contribution in [1.29, 1.82) is 0 Å². The maximum Gasteiger partial charge on any atom is 0.306 e. The van der Waals surface area contributed by atoms with Gasteiger partial charge in [0.15, 0.2) is 0 Å². The van der Waals surface area contributed by atoms with Gasteiger partial charge in [-0.15, -0.1) is 0 Å². The first kappa shape index (κ1) is 61.3. The van der Waals surface area contributed by atoms with Gasteiger partial charge in [0, 0.05) is 6.42 Å². The second-order valence-electron chi connectivity index (χ2n) is 17.4. The van der Waals surface area contributed by atoms with E-state index in [1.165, 1.54) is 83.5 Å². The summed E-state index contributed by atoms with van der Waals surface area (Å²) in [6.45, 7) is 6.17. The van der Waals surface area contributed by atoms with Crippen LogP contribution in [0.1, 0.15) is 213 Å². The highest BCUT2D eigenvalue weighted by molar-refractivity contribution is 5.77. The monoisotopic (exact) mass is 900 g/mol.